The van der Waals surface area contributed by atoms with E-state index in [0.717, 1.165) is 5.56 Å². The number of ether oxygens (including phenoxy) is 1. The summed E-state index contributed by atoms with van der Waals surface area (Å²) in [6.45, 7) is 0. The summed E-state index contributed by atoms with van der Waals surface area (Å²) in [5, 5.41) is 12.8. The molecular weight excluding hydrogens is 484 g/mol. The second-order valence-corrected chi connectivity index (χ2v) is 8.45. The fourth-order valence-corrected chi connectivity index (χ4v) is 4.30. The largest absolute Gasteiger partial charge is 0.511 e. The van der Waals surface area contributed by atoms with Crippen molar-refractivity contribution in [2.45, 2.75) is 0 Å². The van der Waals surface area contributed by atoms with Crippen molar-refractivity contribution in [3.63, 3.8) is 0 Å². The molecular formula is C22H11Cl3FNO3S. The van der Waals surface area contributed by atoms with Crippen molar-refractivity contribution in [3.8, 4) is 38.7 Å². The van der Waals surface area contributed by atoms with Gasteiger partial charge >= 0.3 is 6.16 Å². The van der Waals surface area contributed by atoms with E-state index in [1.54, 1.807) is 30.3 Å². The Bertz CT molecular complexity index is 1310. The predicted octanol–water partition coefficient (Wildman–Crippen LogP) is 8.30. The first-order chi connectivity index (χ1) is 14.8. The summed E-state index contributed by atoms with van der Waals surface area (Å²) < 4.78 is 18.7. The maximum atomic E-state index is 13.7. The Balaban J connectivity index is 1.76. The smallest absolute Gasteiger partial charge is 0.449 e. The van der Waals surface area contributed by atoms with Crippen molar-refractivity contribution < 1.29 is 19.0 Å². The number of rotatable bonds is 4. The summed E-state index contributed by atoms with van der Waals surface area (Å²) in [6, 6.07) is 13.9. The fourth-order valence-electron chi connectivity index (χ4n) is 2.95. The van der Waals surface area contributed by atoms with Gasteiger partial charge in [0.2, 0.25) is 0 Å². The van der Waals surface area contributed by atoms with E-state index in [4.69, 9.17) is 44.6 Å². The number of nitrogens with zero attached hydrogens (tertiary/aromatic N) is 1. The Hall–Kier alpha value is -2.64. The molecule has 0 aliphatic carbocycles. The van der Waals surface area contributed by atoms with Gasteiger partial charge in [-0.15, -0.1) is 11.3 Å². The molecule has 9 heteroatoms. The van der Waals surface area contributed by atoms with E-state index >= 15 is 0 Å². The minimum absolute atomic E-state index is 0.0174. The third-order valence-electron chi connectivity index (χ3n) is 4.36. The van der Waals surface area contributed by atoms with Crippen LogP contribution in [0.1, 0.15) is 0 Å². The van der Waals surface area contributed by atoms with E-state index in [1.807, 2.05) is 5.38 Å². The predicted molar refractivity (Wildman–Crippen MR) is 122 cm³/mol. The van der Waals surface area contributed by atoms with Crippen LogP contribution in [-0.4, -0.2) is 16.2 Å². The number of benzene rings is 3. The lowest BCUT2D eigenvalue weighted by Crippen LogP contribution is -2.04. The molecule has 0 aliphatic rings. The van der Waals surface area contributed by atoms with E-state index in [9.17, 15) is 9.18 Å². The number of thiazole rings is 1. The van der Waals surface area contributed by atoms with Crippen molar-refractivity contribution >= 4 is 52.3 Å². The van der Waals surface area contributed by atoms with Crippen LogP contribution in [0.25, 0.3) is 33.0 Å². The molecule has 0 fully saturated rings. The van der Waals surface area contributed by atoms with Crippen LogP contribution in [0.4, 0.5) is 9.18 Å². The van der Waals surface area contributed by atoms with Crippen LogP contribution in [0, 0.1) is 5.82 Å². The van der Waals surface area contributed by atoms with Gasteiger partial charge in [0.1, 0.15) is 16.6 Å². The highest BCUT2D eigenvalue weighted by Crippen LogP contribution is 2.39. The van der Waals surface area contributed by atoms with Crippen molar-refractivity contribution in [1.82, 2.24) is 4.98 Å². The molecule has 0 saturated carbocycles. The van der Waals surface area contributed by atoms with Gasteiger partial charge in [-0.2, -0.15) is 0 Å². The standard InChI is InChI=1S/C22H11Cl3FNO3S/c23-16-6-3-13(26)9-15(16)14-4-1-12(8-20(14)30-22(28)29)21-27-19(10-31-21)11-2-5-17(24)18(25)7-11/h1-10H,(H,28,29). The maximum Gasteiger partial charge on any atom is 0.511 e. The van der Waals surface area contributed by atoms with E-state index in [-0.39, 0.29) is 10.8 Å². The molecule has 0 unspecified atom stereocenters. The number of aromatic nitrogens is 1. The van der Waals surface area contributed by atoms with Gasteiger partial charge in [0, 0.05) is 32.7 Å². The van der Waals surface area contributed by atoms with E-state index in [0.29, 0.717) is 37.4 Å². The Kier molecular flexibility index (Phi) is 6.16. The van der Waals surface area contributed by atoms with Gasteiger partial charge in [0.25, 0.3) is 0 Å². The van der Waals surface area contributed by atoms with E-state index < -0.39 is 12.0 Å². The molecule has 0 amide bonds. The van der Waals surface area contributed by atoms with Gasteiger partial charge in [-0.1, -0.05) is 46.9 Å². The molecule has 4 nitrogen and oxygen atoms in total. The van der Waals surface area contributed by atoms with Crippen LogP contribution in [0.15, 0.2) is 60.0 Å². The molecule has 4 aromatic rings. The van der Waals surface area contributed by atoms with Crippen LogP contribution in [0.5, 0.6) is 5.75 Å². The van der Waals surface area contributed by atoms with Gasteiger partial charge in [0.15, 0.2) is 0 Å². The molecule has 0 saturated heterocycles. The molecule has 156 valence electrons. The van der Waals surface area contributed by atoms with Crippen molar-refractivity contribution in [1.29, 1.82) is 0 Å². The lowest BCUT2D eigenvalue weighted by Gasteiger charge is -2.11. The minimum Gasteiger partial charge on any atom is -0.449 e. The Morgan fingerprint density at radius 1 is 0.903 bits per heavy atom. The molecule has 0 aliphatic heterocycles. The molecule has 0 radical (unpaired) electrons. The zero-order valence-corrected chi connectivity index (χ0v) is 18.5. The van der Waals surface area contributed by atoms with Crippen LogP contribution >= 0.6 is 46.1 Å². The van der Waals surface area contributed by atoms with Gasteiger partial charge in [0.05, 0.1) is 15.7 Å². The Morgan fingerprint density at radius 3 is 2.39 bits per heavy atom. The highest BCUT2D eigenvalue weighted by Gasteiger charge is 2.17. The second kappa shape index (κ2) is 8.85. The zero-order chi connectivity index (χ0) is 22.1. The molecule has 0 spiro atoms. The van der Waals surface area contributed by atoms with Gasteiger partial charge < -0.3 is 9.84 Å². The Morgan fingerprint density at radius 2 is 1.65 bits per heavy atom. The first-order valence-corrected chi connectivity index (χ1v) is 10.7. The average molecular weight is 495 g/mol. The lowest BCUT2D eigenvalue weighted by molar-refractivity contribution is 0.144. The average Bonchev–Trinajstić information content (AvgIpc) is 3.22. The van der Waals surface area contributed by atoms with E-state index in [2.05, 4.69) is 4.98 Å². The third-order valence-corrected chi connectivity index (χ3v) is 6.32. The molecule has 4 rings (SSSR count). The van der Waals surface area contributed by atoms with Crippen LogP contribution < -0.4 is 4.74 Å². The van der Waals surface area contributed by atoms with Crippen molar-refractivity contribution in [3.05, 3.63) is 80.9 Å². The lowest BCUT2D eigenvalue weighted by atomic mass is 10.0. The number of hydrogen-bond donors (Lipinski definition) is 1. The zero-order valence-electron chi connectivity index (χ0n) is 15.4. The fraction of sp³-hybridized carbons (Fsp3) is 0. The summed E-state index contributed by atoms with van der Waals surface area (Å²) in [6.07, 6.45) is -1.50. The molecule has 0 bridgehead atoms. The molecule has 0 atom stereocenters. The van der Waals surface area contributed by atoms with Crippen LogP contribution in [-0.2, 0) is 0 Å². The van der Waals surface area contributed by atoms with Gasteiger partial charge in [-0.05, 0) is 42.5 Å². The first-order valence-electron chi connectivity index (χ1n) is 8.73. The summed E-state index contributed by atoms with van der Waals surface area (Å²) in [7, 11) is 0. The van der Waals surface area contributed by atoms with Gasteiger partial charge in [-0.25, -0.2) is 14.2 Å². The molecule has 31 heavy (non-hydrogen) atoms. The molecule has 3 aromatic carbocycles. The monoisotopic (exact) mass is 493 g/mol. The Labute approximate surface area is 195 Å². The quantitative estimate of drug-likeness (QED) is 0.229. The second-order valence-electron chi connectivity index (χ2n) is 6.37. The van der Waals surface area contributed by atoms with Gasteiger partial charge in [-0.3, -0.25) is 0 Å². The molecule has 1 aromatic heterocycles. The first kappa shape index (κ1) is 21.6. The number of carboxylic acid groups (broad SMARTS) is 1. The summed E-state index contributed by atoms with van der Waals surface area (Å²) in [5.41, 5.74) is 2.78. The maximum absolute atomic E-state index is 13.7. The van der Waals surface area contributed by atoms with Crippen molar-refractivity contribution in [2.75, 3.05) is 0 Å². The number of halogens is 4. The molecule has 1 N–H and O–H groups in total. The minimum atomic E-state index is -1.50. The summed E-state index contributed by atoms with van der Waals surface area (Å²) >= 11 is 19.6. The topological polar surface area (TPSA) is 59.4 Å². The number of carbonyl (C=O) groups is 1. The van der Waals surface area contributed by atoms with Crippen molar-refractivity contribution in [2.24, 2.45) is 0 Å². The summed E-state index contributed by atoms with van der Waals surface area (Å²) in [4.78, 5) is 15.8. The SMILES string of the molecule is O=C(O)Oc1cc(-c2nc(-c3ccc(Cl)c(Cl)c3)cs2)ccc1-c1cc(F)ccc1Cl. The molecule has 1 heterocycles. The highest BCUT2D eigenvalue weighted by atomic mass is 35.5. The summed E-state index contributed by atoms with van der Waals surface area (Å²) in [5.74, 6) is -0.486. The normalized spacial score (nSPS) is 10.8. The van der Waals surface area contributed by atoms with Crippen LogP contribution in [0.3, 0.4) is 0 Å². The number of hydrogen-bond acceptors (Lipinski definition) is 4. The highest BCUT2D eigenvalue weighted by molar-refractivity contribution is 7.13. The van der Waals surface area contributed by atoms with Crippen LogP contribution in [0.2, 0.25) is 15.1 Å². The third kappa shape index (κ3) is 4.67. The van der Waals surface area contributed by atoms with E-state index in [1.165, 1.54) is 35.6 Å².